The molecule has 17 heavy (non-hydrogen) atoms. The van der Waals surface area contributed by atoms with Crippen molar-refractivity contribution in [1.82, 2.24) is 0 Å². The molecule has 0 bridgehead atoms. The van der Waals surface area contributed by atoms with E-state index in [1.165, 1.54) is 42.4 Å². The molecule has 0 amide bonds. The fraction of sp³-hybridized carbons (Fsp3) is 0.562. The molecule has 1 aromatic carbocycles. The van der Waals surface area contributed by atoms with Crippen molar-refractivity contribution in [1.29, 1.82) is 0 Å². The second-order valence-corrected chi connectivity index (χ2v) is 5.57. The summed E-state index contributed by atoms with van der Waals surface area (Å²) in [5.41, 5.74) is 3.70. The van der Waals surface area contributed by atoms with Crippen molar-refractivity contribution in [3.05, 3.63) is 34.9 Å². The summed E-state index contributed by atoms with van der Waals surface area (Å²) in [5.74, 6) is 1.09. The van der Waals surface area contributed by atoms with Gasteiger partial charge >= 0.3 is 0 Å². The maximum atomic E-state index is 12.0. The molecule has 1 heteroatoms. The summed E-state index contributed by atoms with van der Waals surface area (Å²) in [6.07, 6.45) is 6.59. The van der Waals surface area contributed by atoms with Crippen molar-refractivity contribution in [3.8, 4) is 0 Å². The van der Waals surface area contributed by atoms with E-state index in [0.717, 1.165) is 6.42 Å². The Bertz CT molecular complexity index is 380. The van der Waals surface area contributed by atoms with Gasteiger partial charge in [0.2, 0.25) is 0 Å². The van der Waals surface area contributed by atoms with Gasteiger partial charge in [-0.1, -0.05) is 55.0 Å². The molecule has 2 rings (SSSR count). The minimum Gasteiger partial charge on any atom is -0.299 e. The van der Waals surface area contributed by atoms with Crippen LogP contribution in [-0.2, 0) is 11.2 Å². The predicted octanol–water partition coefficient (Wildman–Crippen LogP) is 4.00. The lowest BCUT2D eigenvalue weighted by Gasteiger charge is -2.08. The average molecular weight is 230 g/mol. The minimum absolute atomic E-state index is 0.418. The first-order valence-corrected chi connectivity index (χ1v) is 6.72. The first kappa shape index (κ1) is 12.3. The number of ketones is 1. The van der Waals surface area contributed by atoms with Crippen molar-refractivity contribution in [3.63, 3.8) is 0 Å². The fourth-order valence-corrected chi connectivity index (χ4v) is 3.01. The molecule has 0 saturated heterocycles. The Kier molecular flexibility index (Phi) is 3.98. The van der Waals surface area contributed by atoms with Crippen LogP contribution in [0.1, 0.15) is 48.8 Å². The maximum Gasteiger partial charge on any atom is 0.137 e. The fourth-order valence-electron chi connectivity index (χ4n) is 3.01. The molecular formula is C16H22O. The van der Waals surface area contributed by atoms with E-state index in [4.69, 9.17) is 0 Å². The van der Waals surface area contributed by atoms with Crippen LogP contribution in [0.25, 0.3) is 0 Å². The van der Waals surface area contributed by atoms with Crippen LogP contribution in [0.15, 0.2) is 18.2 Å². The normalized spacial score (nSPS) is 16.4. The average Bonchev–Trinajstić information content (AvgIpc) is 2.67. The van der Waals surface area contributed by atoms with Gasteiger partial charge in [0.25, 0.3) is 0 Å². The molecule has 1 nitrogen and oxygen atoms in total. The van der Waals surface area contributed by atoms with Crippen LogP contribution < -0.4 is 0 Å². The van der Waals surface area contributed by atoms with Crippen LogP contribution in [0.5, 0.6) is 0 Å². The third-order valence-corrected chi connectivity index (χ3v) is 3.67. The highest BCUT2D eigenvalue weighted by atomic mass is 16.1. The summed E-state index contributed by atoms with van der Waals surface area (Å²) in [4.78, 5) is 12.0. The van der Waals surface area contributed by atoms with Crippen molar-refractivity contribution in [2.75, 3.05) is 0 Å². The monoisotopic (exact) mass is 230 g/mol. The Hall–Kier alpha value is -1.11. The van der Waals surface area contributed by atoms with Crippen LogP contribution in [-0.4, -0.2) is 5.78 Å². The molecule has 1 saturated carbocycles. The largest absolute Gasteiger partial charge is 0.299 e. The molecule has 0 spiro atoms. The van der Waals surface area contributed by atoms with E-state index in [-0.39, 0.29) is 0 Å². The number of carbonyl (C=O) groups is 1. The molecule has 0 aliphatic heterocycles. The summed E-state index contributed by atoms with van der Waals surface area (Å²) in [6.45, 7) is 4.19. The topological polar surface area (TPSA) is 17.1 Å². The molecule has 1 aliphatic carbocycles. The third-order valence-electron chi connectivity index (χ3n) is 3.67. The van der Waals surface area contributed by atoms with E-state index < -0.39 is 0 Å². The minimum atomic E-state index is 0.418. The van der Waals surface area contributed by atoms with Crippen molar-refractivity contribution in [2.24, 2.45) is 5.92 Å². The second-order valence-electron chi connectivity index (χ2n) is 5.57. The number of carbonyl (C=O) groups excluding carboxylic acids is 1. The van der Waals surface area contributed by atoms with Crippen LogP contribution in [0, 0.1) is 19.8 Å². The standard InChI is InChI=1S/C16H22O/c1-12-7-13(2)9-15(8-12)11-16(17)10-14-5-3-4-6-14/h7-9,14H,3-6,10-11H2,1-2H3. The van der Waals surface area contributed by atoms with E-state index in [1.54, 1.807) is 0 Å². The van der Waals surface area contributed by atoms with Crippen LogP contribution in [0.2, 0.25) is 0 Å². The van der Waals surface area contributed by atoms with Gasteiger partial charge < -0.3 is 0 Å². The van der Waals surface area contributed by atoms with Crippen LogP contribution in [0.3, 0.4) is 0 Å². The summed E-state index contributed by atoms with van der Waals surface area (Å²) in [5, 5.41) is 0. The van der Waals surface area contributed by atoms with E-state index in [1.807, 2.05) is 0 Å². The highest BCUT2D eigenvalue weighted by Gasteiger charge is 2.18. The van der Waals surface area contributed by atoms with E-state index in [0.29, 0.717) is 18.1 Å². The van der Waals surface area contributed by atoms with E-state index in [9.17, 15) is 4.79 Å². The molecule has 1 aliphatic rings. The number of aryl methyl sites for hydroxylation is 2. The lowest BCUT2D eigenvalue weighted by Crippen LogP contribution is -2.08. The molecule has 0 atom stereocenters. The van der Waals surface area contributed by atoms with E-state index >= 15 is 0 Å². The molecule has 0 heterocycles. The Morgan fingerprint density at radius 2 is 1.71 bits per heavy atom. The van der Waals surface area contributed by atoms with Gasteiger partial charge in [-0.3, -0.25) is 4.79 Å². The molecule has 0 radical (unpaired) electrons. The van der Waals surface area contributed by atoms with Gasteiger partial charge in [0.05, 0.1) is 0 Å². The van der Waals surface area contributed by atoms with Gasteiger partial charge in [-0.05, 0) is 25.3 Å². The van der Waals surface area contributed by atoms with Gasteiger partial charge in [0, 0.05) is 12.8 Å². The van der Waals surface area contributed by atoms with E-state index in [2.05, 4.69) is 32.0 Å². The van der Waals surface area contributed by atoms with Crippen molar-refractivity contribution in [2.45, 2.75) is 52.4 Å². The molecule has 0 unspecified atom stereocenters. The molecule has 1 fully saturated rings. The lowest BCUT2D eigenvalue weighted by atomic mass is 9.96. The number of hydrogen-bond acceptors (Lipinski definition) is 1. The zero-order valence-corrected chi connectivity index (χ0v) is 11.0. The SMILES string of the molecule is Cc1cc(C)cc(CC(=O)CC2CCCC2)c1. The Balaban J connectivity index is 1.92. The maximum absolute atomic E-state index is 12.0. The van der Waals surface area contributed by atoms with Gasteiger partial charge in [-0.25, -0.2) is 0 Å². The summed E-state index contributed by atoms with van der Waals surface area (Å²) in [6, 6.07) is 6.43. The van der Waals surface area contributed by atoms with Crippen LogP contribution >= 0.6 is 0 Å². The van der Waals surface area contributed by atoms with Gasteiger partial charge in [-0.15, -0.1) is 0 Å². The van der Waals surface area contributed by atoms with Gasteiger partial charge in [0.1, 0.15) is 5.78 Å². The number of hydrogen-bond donors (Lipinski definition) is 0. The molecular weight excluding hydrogens is 208 g/mol. The molecule has 1 aromatic rings. The molecule has 0 aromatic heterocycles. The zero-order chi connectivity index (χ0) is 12.3. The van der Waals surface area contributed by atoms with Crippen LogP contribution in [0.4, 0.5) is 0 Å². The highest BCUT2D eigenvalue weighted by molar-refractivity contribution is 5.81. The van der Waals surface area contributed by atoms with Crippen molar-refractivity contribution < 1.29 is 4.79 Å². The van der Waals surface area contributed by atoms with Gasteiger partial charge in [0.15, 0.2) is 0 Å². The predicted molar refractivity (Wildman–Crippen MR) is 71.2 cm³/mol. The second kappa shape index (κ2) is 5.48. The molecule has 0 N–H and O–H groups in total. The van der Waals surface area contributed by atoms with Crippen molar-refractivity contribution >= 4 is 5.78 Å². The Labute approximate surface area is 104 Å². The smallest absolute Gasteiger partial charge is 0.137 e. The number of rotatable bonds is 4. The Morgan fingerprint density at radius 3 is 2.29 bits per heavy atom. The van der Waals surface area contributed by atoms with Gasteiger partial charge in [-0.2, -0.15) is 0 Å². The number of benzene rings is 1. The lowest BCUT2D eigenvalue weighted by molar-refractivity contribution is -0.119. The first-order valence-electron chi connectivity index (χ1n) is 6.72. The number of Topliss-reactive ketones (excluding diaryl/α,β-unsaturated/α-hetero) is 1. The summed E-state index contributed by atoms with van der Waals surface area (Å²) in [7, 11) is 0. The quantitative estimate of drug-likeness (QED) is 0.764. The summed E-state index contributed by atoms with van der Waals surface area (Å²) < 4.78 is 0. The Morgan fingerprint density at radius 1 is 1.12 bits per heavy atom. The third kappa shape index (κ3) is 3.69. The zero-order valence-electron chi connectivity index (χ0n) is 11.0. The first-order chi connectivity index (χ1) is 8.13. The molecule has 92 valence electrons. The summed E-state index contributed by atoms with van der Waals surface area (Å²) >= 11 is 0. The highest BCUT2D eigenvalue weighted by Crippen LogP contribution is 2.28.